The third kappa shape index (κ3) is 4.85. The molecular weight excluding hydrogens is 354 g/mol. The molecule has 1 aromatic rings. The molecule has 2 saturated heterocycles. The molecule has 0 spiro atoms. The van der Waals surface area contributed by atoms with E-state index in [9.17, 15) is 4.79 Å². The van der Waals surface area contributed by atoms with Gasteiger partial charge in [-0.05, 0) is 71.4 Å². The molecule has 3 aliphatic rings. The zero-order valence-electron chi connectivity index (χ0n) is 17.4. The number of urea groups is 1. The van der Waals surface area contributed by atoms with Gasteiger partial charge in [-0.1, -0.05) is 12.8 Å². The molecule has 0 aromatic carbocycles. The number of rotatable bonds is 5. The van der Waals surface area contributed by atoms with Gasteiger partial charge in [0.15, 0.2) is 0 Å². The number of carbonyl (C=O) groups is 1. The highest BCUT2D eigenvalue weighted by Gasteiger charge is 2.34. The van der Waals surface area contributed by atoms with Gasteiger partial charge in [0.05, 0.1) is 6.54 Å². The molecule has 1 aliphatic carbocycles. The Labute approximate surface area is 168 Å². The highest BCUT2D eigenvalue weighted by Crippen LogP contribution is 2.39. The van der Waals surface area contributed by atoms with E-state index in [1.165, 1.54) is 25.7 Å². The Morgan fingerprint density at radius 3 is 2.57 bits per heavy atom. The average Bonchev–Trinajstić information content (AvgIpc) is 3.46. The minimum Gasteiger partial charge on any atom is -0.424 e. The Morgan fingerprint density at radius 1 is 1.07 bits per heavy atom. The standard InChI is InChI=1S/C21H35N5O2/c1-15(2)22-21(27)26-11-5-3-4-6-18(26)16-9-12-25(13-10-16)14-19-23-24-20(28-19)17-7-8-17/h15-18H,3-14H2,1-2H3,(H,22,27)/t18-/m1/s1. The van der Waals surface area contributed by atoms with Crippen molar-refractivity contribution in [2.24, 2.45) is 5.92 Å². The number of piperidine rings is 1. The molecule has 1 aromatic heterocycles. The fourth-order valence-electron chi connectivity index (χ4n) is 4.72. The third-order valence-electron chi connectivity index (χ3n) is 6.42. The summed E-state index contributed by atoms with van der Waals surface area (Å²) in [7, 11) is 0. The Kier molecular flexibility index (Phi) is 6.19. The lowest BCUT2D eigenvalue weighted by Crippen LogP contribution is -2.52. The van der Waals surface area contributed by atoms with Crippen LogP contribution < -0.4 is 5.32 Å². The molecule has 28 heavy (non-hydrogen) atoms. The molecule has 3 heterocycles. The normalized spacial score (nSPS) is 25.1. The molecule has 3 fully saturated rings. The van der Waals surface area contributed by atoms with E-state index in [2.05, 4.69) is 25.3 Å². The molecule has 1 atom stereocenters. The van der Waals surface area contributed by atoms with Crippen molar-refractivity contribution >= 4 is 6.03 Å². The van der Waals surface area contributed by atoms with E-state index in [4.69, 9.17) is 4.42 Å². The lowest BCUT2D eigenvalue weighted by Gasteiger charge is -2.40. The summed E-state index contributed by atoms with van der Waals surface area (Å²) in [5.74, 6) is 2.70. The van der Waals surface area contributed by atoms with Gasteiger partial charge >= 0.3 is 6.03 Å². The first-order valence-electron chi connectivity index (χ1n) is 11.2. The first-order valence-corrected chi connectivity index (χ1v) is 11.2. The average molecular weight is 390 g/mol. The van der Waals surface area contributed by atoms with Gasteiger partial charge in [-0.2, -0.15) is 0 Å². The molecule has 2 amide bonds. The van der Waals surface area contributed by atoms with Gasteiger partial charge in [0, 0.05) is 24.5 Å². The zero-order chi connectivity index (χ0) is 19.5. The molecule has 7 heteroatoms. The molecule has 1 saturated carbocycles. The lowest BCUT2D eigenvalue weighted by molar-refractivity contribution is 0.0936. The van der Waals surface area contributed by atoms with E-state index in [0.29, 0.717) is 17.9 Å². The largest absolute Gasteiger partial charge is 0.424 e. The summed E-state index contributed by atoms with van der Waals surface area (Å²) in [6.45, 7) is 7.82. The summed E-state index contributed by atoms with van der Waals surface area (Å²) in [6.07, 6.45) is 9.40. The zero-order valence-corrected chi connectivity index (χ0v) is 17.4. The van der Waals surface area contributed by atoms with Crippen molar-refractivity contribution in [2.45, 2.75) is 89.8 Å². The predicted octanol–water partition coefficient (Wildman–Crippen LogP) is 3.52. The molecule has 4 rings (SSSR count). The lowest BCUT2D eigenvalue weighted by atomic mass is 9.86. The van der Waals surface area contributed by atoms with Crippen LogP contribution in [0.2, 0.25) is 0 Å². The fourth-order valence-corrected chi connectivity index (χ4v) is 4.72. The van der Waals surface area contributed by atoms with E-state index < -0.39 is 0 Å². The van der Waals surface area contributed by atoms with E-state index >= 15 is 0 Å². The molecule has 0 unspecified atom stereocenters. The summed E-state index contributed by atoms with van der Waals surface area (Å²) >= 11 is 0. The molecule has 0 radical (unpaired) electrons. The van der Waals surface area contributed by atoms with Crippen LogP contribution in [0.5, 0.6) is 0 Å². The number of amides is 2. The molecule has 7 nitrogen and oxygen atoms in total. The van der Waals surface area contributed by atoms with Crippen LogP contribution >= 0.6 is 0 Å². The van der Waals surface area contributed by atoms with Gasteiger partial charge in [0.1, 0.15) is 0 Å². The van der Waals surface area contributed by atoms with E-state index in [0.717, 1.165) is 63.6 Å². The van der Waals surface area contributed by atoms with Crippen molar-refractivity contribution in [3.05, 3.63) is 11.8 Å². The number of aromatic nitrogens is 2. The van der Waals surface area contributed by atoms with Crippen molar-refractivity contribution in [3.8, 4) is 0 Å². The Bertz CT molecular complexity index is 649. The maximum Gasteiger partial charge on any atom is 0.317 e. The van der Waals surface area contributed by atoms with Crippen LogP contribution in [0.4, 0.5) is 4.79 Å². The molecule has 2 aliphatic heterocycles. The van der Waals surface area contributed by atoms with E-state index in [1.807, 2.05) is 13.8 Å². The van der Waals surface area contributed by atoms with Gasteiger partial charge < -0.3 is 14.6 Å². The molecule has 1 N–H and O–H groups in total. The second kappa shape index (κ2) is 8.80. The highest BCUT2D eigenvalue weighted by atomic mass is 16.4. The third-order valence-corrected chi connectivity index (χ3v) is 6.42. The summed E-state index contributed by atoms with van der Waals surface area (Å²) < 4.78 is 5.83. The Balaban J connectivity index is 1.32. The van der Waals surface area contributed by atoms with Crippen LogP contribution in [0.3, 0.4) is 0 Å². The van der Waals surface area contributed by atoms with Gasteiger partial charge in [-0.25, -0.2) is 4.79 Å². The second-order valence-electron chi connectivity index (χ2n) is 9.14. The fraction of sp³-hybridized carbons (Fsp3) is 0.857. The number of likely N-dealkylation sites (tertiary alicyclic amines) is 2. The Morgan fingerprint density at radius 2 is 1.86 bits per heavy atom. The van der Waals surface area contributed by atoms with Crippen LogP contribution in [0.25, 0.3) is 0 Å². The van der Waals surface area contributed by atoms with Crippen molar-refractivity contribution < 1.29 is 9.21 Å². The first-order chi connectivity index (χ1) is 13.6. The van der Waals surface area contributed by atoms with E-state index in [-0.39, 0.29) is 12.1 Å². The summed E-state index contributed by atoms with van der Waals surface area (Å²) in [5.41, 5.74) is 0. The van der Waals surface area contributed by atoms with Gasteiger partial charge in [-0.15, -0.1) is 10.2 Å². The summed E-state index contributed by atoms with van der Waals surface area (Å²) in [4.78, 5) is 17.3. The predicted molar refractivity (Wildman–Crippen MR) is 107 cm³/mol. The number of carbonyl (C=O) groups excluding carboxylic acids is 1. The molecular formula is C21H35N5O2. The van der Waals surface area contributed by atoms with Crippen molar-refractivity contribution in [2.75, 3.05) is 19.6 Å². The molecule has 0 bridgehead atoms. The number of nitrogens with one attached hydrogen (secondary N) is 1. The minimum atomic E-state index is 0.128. The van der Waals surface area contributed by atoms with Crippen molar-refractivity contribution in [3.63, 3.8) is 0 Å². The smallest absolute Gasteiger partial charge is 0.317 e. The number of hydrogen-bond acceptors (Lipinski definition) is 5. The molecule has 156 valence electrons. The summed E-state index contributed by atoms with van der Waals surface area (Å²) in [6, 6.07) is 0.698. The summed E-state index contributed by atoms with van der Waals surface area (Å²) in [5, 5.41) is 11.6. The van der Waals surface area contributed by atoms with Gasteiger partial charge in [0.25, 0.3) is 0 Å². The topological polar surface area (TPSA) is 74.5 Å². The maximum absolute atomic E-state index is 12.8. The maximum atomic E-state index is 12.8. The Hall–Kier alpha value is -1.63. The van der Waals surface area contributed by atoms with Crippen molar-refractivity contribution in [1.29, 1.82) is 0 Å². The van der Waals surface area contributed by atoms with Crippen LogP contribution in [-0.4, -0.2) is 57.7 Å². The second-order valence-corrected chi connectivity index (χ2v) is 9.14. The first kappa shape index (κ1) is 19.7. The van der Waals surface area contributed by atoms with Crippen LogP contribution in [0.1, 0.15) is 82.9 Å². The SMILES string of the molecule is CC(C)NC(=O)N1CCCCC[C@@H]1C1CCN(Cc2nnc(C3CC3)o2)CC1. The quantitative estimate of drug-likeness (QED) is 0.834. The van der Waals surface area contributed by atoms with Gasteiger partial charge in [0.2, 0.25) is 11.8 Å². The van der Waals surface area contributed by atoms with E-state index in [1.54, 1.807) is 0 Å². The monoisotopic (exact) mass is 389 g/mol. The highest BCUT2D eigenvalue weighted by molar-refractivity contribution is 5.74. The van der Waals surface area contributed by atoms with Crippen molar-refractivity contribution in [1.82, 2.24) is 25.3 Å². The van der Waals surface area contributed by atoms with Crippen LogP contribution in [0, 0.1) is 5.92 Å². The van der Waals surface area contributed by atoms with Gasteiger partial charge in [-0.3, -0.25) is 4.90 Å². The van der Waals surface area contributed by atoms with Crippen LogP contribution in [-0.2, 0) is 6.54 Å². The minimum absolute atomic E-state index is 0.128. The number of nitrogens with zero attached hydrogens (tertiary/aromatic N) is 4. The van der Waals surface area contributed by atoms with Crippen LogP contribution in [0.15, 0.2) is 4.42 Å². The number of hydrogen-bond donors (Lipinski definition) is 1.